The number of unbranched alkanes of at least 4 members (excludes halogenated alkanes) is 1. The van der Waals surface area contributed by atoms with Crippen molar-refractivity contribution >= 4 is 17.6 Å². The van der Waals surface area contributed by atoms with Gasteiger partial charge < -0.3 is 14.7 Å². The first-order valence-corrected chi connectivity index (χ1v) is 8.12. The molecular formula is C16H25N5O2. The molecule has 2 rings (SSSR count). The van der Waals surface area contributed by atoms with Gasteiger partial charge in [-0.25, -0.2) is 0 Å². The van der Waals surface area contributed by atoms with Crippen LogP contribution in [0.15, 0.2) is 12.1 Å². The summed E-state index contributed by atoms with van der Waals surface area (Å²) in [5.74, 6) is 0.705. The Balaban J connectivity index is 1.94. The van der Waals surface area contributed by atoms with Gasteiger partial charge >= 0.3 is 0 Å². The SMILES string of the molecule is CCCCN(C)c1ccc(C(=O)N2CCN(C(C)=O)CC2)nn1. The number of aromatic nitrogens is 2. The molecule has 0 unspecified atom stereocenters. The summed E-state index contributed by atoms with van der Waals surface area (Å²) in [4.78, 5) is 29.3. The lowest BCUT2D eigenvalue weighted by atomic mass is 10.2. The Hall–Kier alpha value is -2.18. The third kappa shape index (κ3) is 4.40. The summed E-state index contributed by atoms with van der Waals surface area (Å²) in [6, 6.07) is 3.56. The molecule has 2 amide bonds. The van der Waals surface area contributed by atoms with E-state index < -0.39 is 0 Å². The molecule has 2 heterocycles. The first-order valence-electron chi connectivity index (χ1n) is 8.12. The third-order valence-corrected chi connectivity index (χ3v) is 4.12. The van der Waals surface area contributed by atoms with E-state index in [9.17, 15) is 9.59 Å². The van der Waals surface area contributed by atoms with Crippen LogP contribution in [0, 0.1) is 0 Å². The minimum atomic E-state index is -0.122. The first-order chi connectivity index (χ1) is 11.0. The largest absolute Gasteiger partial charge is 0.358 e. The Bertz CT molecular complexity index is 538. The standard InChI is InChI=1S/C16H25N5O2/c1-4-5-8-19(3)15-7-6-14(17-18-15)16(23)21-11-9-20(10-12-21)13(2)22/h6-7H,4-5,8-12H2,1-3H3. The molecule has 1 aromatic heterocycles. The Morgan fingerprint density at radius 1 is 1.13 bits per heavy atom. The van der Waals surface area contributed by atoms with Crippen LogP contribution in [0.25, 0.3) is 0 Å². The van der Waals surface area contributed by atoms with Crippen LogP contribution in [0.5, 0.6) is 0 Å². The number of hydrogen-bond acceptors (Lipinski definition) is 5. The van der Waals surface area contributed by atoms with E-state index in [0.29, 0.717) is 31.9 Å². The second kappa shape index (κ2) is 7.89. The van der Waals surface area contributed by atoms with Gasteiger partial charge in [-0.3, -0.25) is 9.59 Å². The summed E-state index contributed by atoms with van der Waals surface area (Å²) in [5, 5.41) is 8.23. The summed E-state index contributed by atoms with van der Waals surface area (Å²) in [5.41, 5.74) is 0.355. The maximum atomic E-state index is 12.4. The molecule has 1 aliphatic heterocycles. The Labute approximate surface area is 137 Å². The van der Waals surface area contributed by atoms with Crippen molar-refractivity contribution in [1.82, 2.24) is 20.0 Å². The first kappa shape index (κ1) is 17.2. The van der Waals surface area contributed by atoms with Gasteiger partial charge in [0.1, 0.15) is 0 Å². The number of rotatable bonds is 5. The van der Waals surface area contributed by atoms with Gasteiger partial charge in [0, 0.05) is 46.7 Å². The number of amides is 2. The third-order valence-electron chi connectivity index (χ3n) is 4.12. The fraction of sp³-hybridized carbons (Fsp3) is 0.625. The Morgan fingerprint density at radius 2 is 1.78 bits per heavy atom. The minimum Gasteiger partial charge on any atom is -0.358 e. The zero-order valence-electron chi connectivity index (χ0n) is 14.2. The van der Waals surface area contributed by atoms with E-state index in [1.165, 1.54) is 0 Å². The number of carbonyl (C=O) groups is 2. The lowest BCUT2D eigenvalue weighted by Crippen LogP contribution is -2.50. The fourth-order valence-electron chi connectivity index (χ4n) is 2.54. The topological polar surface area (TPSA) is 69.6 Å². The summed E-state index contributed by atoms with van der Waals surface area (Å²) >= 11 is 0. The van der Waals surface area contributed by atoms with Gasteiger partial charge in [0.05, 0.1) is 0 Å². The van der Waals surface area contributed by atoms with Gasteiger partial charge in [0.2, 0.25) is 5.91 Å². The maximum Gasteiger partial charge on any atom is 0.274 e. The van der Waals surface area contributed by atoms with Crippen LogP contribution in [-0.4, -0.2) is 71.6 Å². The van der Waals surface area contributed by atoms with E-state index in [1.807, 2.05) is 18.0 Å². The summed E-state index contributed by atoms with van der Waals surface area (Å²) < 4.78 is 0. The molecule has 0 atom stereocenters. The lowest BCUT2D eigenvalue weighted by molar-refractivity contribution is -0.130. The quantitative estimate of drug-likeness (QED) is 0.810. The monoisotopic (exact) mass is 319 g/mol. The maximum absolute atomic E-state index is 12.4. The Kier molecular flexibility index (Phi) is 5.90. The van der Waals surface area contributed by atoms with E-state index in [0.717, 1.165) is 25.2 Å². The van der Waals surface area contributed by atoms with Crippen molar-refractivity contribution in [2.24, 2.45) is 0 Å². The fourth-order valence-corrected chi connectivity index (χ4v) is 2.54. The molecule has 0 N–H and O–H groups in total. The van der Waals surface area contributed by atoms with Crippen LogP contribution < -0.4 is 4.90 Å². The van der Waals surface area contributed by atoms with Crippen molar-refractivity contribution < 1.29 is 9.59 Å². The number of hydrogen-bond donors (Lipinski definition) is 0. The zero-order chi connectivity index (χ0) is 16.8. The highest BCUT2D eigenvalue weighted by molar-refractivity contribution is 5.92. The minimum absolute atomic E-state index is 0.0522. The molecule has 0 bridgehead atoms. The van der Waals surface area contributed by atoms with Crippen LogP contribution in [0.1, 0.15) is 37.2 Å². The average Bonchev–Trinajstić information content (AvgIpc) is 2.59. The number of anilines is 1. The van der Waals surface area contributed by atoms with Crippen molar-refractivity contribution in [2.45, 2.75) is 26.7 Å². The normalized spacial score (nSPS) is 14.7. The van der Waals surface area contributed by atoms with Crippen molar-refractivity contribution in [1.29, 1.82) is 0 Å². The number of piperazine rings is 1. The molecule has 1 aliphatic rings. The van der Waals surface area contributed by atoms with Crippen molar-refractivity contribution in [3.05, 3.63) is 17.8 Å². The van der Waals surface area contributed by atoms with Crippen LogP contribution in [-0.2, 0) is 4.79 Å². The van der Waals surface area contributed by atoms with Gasteiger partial charge in [0.15, 0.2) is 11.5 Å². The van der Waals surface area contributed by atoms with Gasteiger partial charge in [0.25, 0.3) is 5.91 Å². The van der Waals surface area contributed by atoms with E-state index in [4.69, 9.17) is 0 Å². The van der Waals surface area contributed by atoms with Crippen LogP contribution in [0.3, 0.4) is 0 Å². The zero-order valence-corrected chi connectivity index (χ0v) is 14.2. The molecule has 0 aromatic carbocycles. The summed E-state index contributed by atoms with van der Waals surface area (Å²) in [6.45, 7) is 6.85. The molecule has 23 heavy (non-hydrogen) atoms. The lowest BCUT2D eigenvalue weighted by Gasteiger charge is -2.33. The second-order valence-corrected chi connectivity index (χ2v) is 5.85. The van der Waals surface area contributed by atoms with Crippen LogP contribution in [0.2, 0.25) is 0 Å². The smallest absolute Gasteiger partial charge is 0.274 e. The molecule has 7 heteroatoms. The molecule has 126 valence electrons. The van der Waals surface area contributed by atoms with E-state index >= 15 is 0 Å². The highest BCUT2D eigenvalue weighted by Crippen LogP contribution is 2.11. The number of carbonyl (C=O) groups excluding carboxylic acids is 2. The Morgan fingerprint density at radius 3 is 2.30 bits per heavy atom. The number of nitrogens with zero attached hydrogens (tertiary/aromatic N) is 5. The van der Waals surface area contributed by atoms with E-state index in [-0.39, 0.29) is 11.8 Å². The van der Waals surface area contributed by atoms with Crippen molar-refractivity contribution in [2.75, 3.05) is 44.7 Å². The molecule has 0 spiro atoms. The van der Waals surface area contributed by atoms with Crippen LogP contribution in [0.4, 0.5) is 5.82 Å². The van der Waals surface area contributed by atoms with E-state index in [2.05, 4.69) is 17.1 Å². The summed E-state index contributed by atoms with van der Waals surface area (Å²) in [7, 11) is 1.97. The molecular weight excluding hydrogens is 294 g/mol. The second-order valence-electron chi connectivity index (χ2n) is 5.85. The van der Waals surface area contributed by atoms with Crippen molar-refractivity contribution in [3.63, 3.8) is 0 Å². The highest BCUT2D eigenvalue weighted by atomic mass is 16.2. The molecule has 0 aliphatic carbocycles. The molecule has 1 saturated heterocycles. The molecule has 1 fully saturated rings. The van der Waals surface area contributed by atoms with Gasteiger partial charge in [-0.2, -0.15) is 0 Å². The highest BCUT2D eigenvalue weighted by Gasteiger charge is 2.24. The van der Waals surface area contributed by atoms with Gasteiger partial charge in [-0.1, -0.05) is 13.3 Å². The average molecular weight is 319 g/mol. The van der Waals surface area contributed by atoms with Crippen LogP contribution >= 0.6 is 0 Å². The molecule has 1 aromatic rings. The molecule has 7 nitrogen and oxygen atoms in total. The predicted octanol–water partition coefficient (Wildman–Crippen LogP) is 1.02. The molecule has 0 saturated carbocycles. The van der Waals surface area contributed by atoms with Gasteiger partial charge in [-0.15, -0.1) is 10.2 Å². The van der Waals surface area contributed by atoms with Gasteiger partial charge in [-0.05, 0) is 18.6 Å². The van der Waals surface area contributed by atoms with Crippen molar-refractivity contribution in [3.8, 4) is 0 Å². The summed E-state index contributed by atoms with van der Waals surface area (Å²) in [6.07, 6.45) is 2.22. The predicted molar refractivity (Wildman–Crippen MR) is 88.4 cm³/mol. The molecule has 0 radical (unpaired) electrons. The van der Waals surface area contributed by atoms with E-state index in [1.54, 1.807) is 22.8 Å².